The molecule has 23 heavy (non-hydrogen) atoms. The van der Waals surface area contributed by atoms with Crippen LogP contribution in [0.3, 0.4) is 0 Å². The highest BCUT2D eigenvalue weighted by Crippen LogP contribution is 2.25. The van der Waals surface area contributed by atoms with Gasteiger partial charge in [0.2, 0.25) is 0 Å². The Morgan fingerprint density at radius 1 is 1.17 bits per heavy atom. The normalized spacial score (nSPS) is 11.6. The average molecular weight is 306 g/mol. The second kappa shape index (κ2) is 7.31. The van der Waals surface area contributed by atoms with Crippen molar-refractivity contribution in [3.05, 3.63) is 72.3 Å². The predicted molar refractivity (Wildman–Crippen MR) is 89.2 cm³/mol. The Balaban J connectivity index is 1.79. The first kappa shape index (κ1) is 14.9. The summed E-state index contributed by atoms with van der Waals surface area (Å²) in [5.41, 5.74) is 10.0. The predicted octanol–water partition coefficient (Wildman–Crippen LogP) is 2.56. The molecule has 0 aliphatic carbocycles. The molecule has 2 heterocycles. The minimum absolute atomic E-state index is 0.756. The topological polar surface area (TPSA) is 82.5 Å². The fourth-order valence-corrected chi connectivity index (χ4v) is 2.41. The number of aryl methyl sites for hydroxylation is 1. The Morgan fingerprint density at radius 3 is 2.83 bits per heavy atom. The second-order valence-corrected chi connectivity index (χ2v) is 5.20. The van der Waals surface area contributed by atoms with Gasteiger partial charge in [-0.2, -0.15) is 0 Å². The van der Waals surface area contributed by atoms with Gasteiger partial charge in [-0.1, -0.05) is 24.3 Å². The van der Waals surface area contributed by atoms with Crippen molar-refractivity contribution in [2.24, 2.45) is 0 Å². The summed E-state index contributed by atoms with van der Waals surface area (Å²) in [6.07, 6.45) is 9.37. The Kier molecular flexibility index (Phi) is 4.73. The van der Waals surface area contributed by atoms with E-state index in [2.05, 4.69) is 38.7 Å². The molecule has 0 bridgehead atoms. The van der Waals surface area contributed by atoms with Crippen molar-refractivity contribution in [1.29, 1.82) is 0 Å². The quantitative estimate of drug-likeness (QED) is 0.559. The van der Waals surface area contributed by atoms with Gasteiger partial charge in [-0.05, 0) is 52.6 Å². The van der Waals surface area contributed by atoms with Crippen LogP contribution in [0.25, 0.3) is 5.57 Å². The van der Waals surface area contributed by atoms with Gasteiger partial charge in [0.15, 0.2) is 0 Å². The third-order valence-corrected chi connectivity index (χ3v) is 3.50. The fourth-order valence-electron chi connectivity index (χ4n) is 2.41. The van der Waals surface area contributed by atoms with E-state index in [9.17, 15) is 0 Å². The van der Waals surface area contributed by atoms with E-state index in [1.807, 2.05) is 30.5 Å². The first-order chi connectivity index (χ1) is 11.3. The van der Waals surface area contributed by atoms with Gasteiger partial charge in [-0.3, -0.25) is 4.98 Å². The van der Waals surface area contributed by atoms with Crippen molar-refractivity contribution in [2.45, 2.75) is 19.4 Å². The number of aromatic nitrogens is 5. The molecule has 0 saturated carbocycles. The molecule has 0 radical (unpaired) electrons. The van der Waals surface area contributed by atoms with Crippen molar-refractivity contribution in [2.75, 3.05) is 5.73 Å². The van der Waals surface area contributed by atoms with Gasteiger partial charge in [0.05, 0.1) is 0 Å². The summed E-state index contributed by atoms with van der Waals surface area (Å²) >= 11 is 0. The van der Waals surface area contributed by atoms with Gasteiger partial charge in [-0.25, -0.2) is 4.68 Å². The zero-order valence-electron chi connectivity index (χ0n) is 12.7. The van der Waals surface area contributed by atoms with Crippen LogP contribution in [-0.2, 0) is 6.54 Å². The Labute approximate surface area is 134 Å². The molecule has 1 aromatic carbocycles. The van der Waals surface area contributed by atoms with E-state index in [0.29, 0.717) is 0 Å². The van der Waals surface area contributed by atoms with E-state index in [-0.39, 0.29) is 0 Å². The Hall–Kier alpha value is -3.02. The van der Waals surface area contributed by atoms with E-state index in [1.165, 1.54) is 0 Å². The molecule has 0 spiro atoms. The summed E-state index contributed by atoms with van der Waals surface area (Å²) in [5, 5.41) is 11.1. The maximum atomic E-state index is 5.93. The lowest BCUT2D eigenvalue weighted by molar-refractivity contribution is 0.563. The van der Waals surface area contributed by atoms with Gasteiger partial charge >= 0.3 is 0 Å². The minimum atomic E-state index is 0.756. The number of anilines is 1. The molecular weight excluding hydrogens is 288 g/mol. The summed E-state index contributed by atoms with van der Waals surface area (Å²) in [6, 6.07) is 11.9. The van der Waals surface area contributed by atoms with Crippen LogP contribution in [0.15, 0.2) is 61.2 Å². The molecule has 2 aromatic heterocycles. The van der Waals surface area contributed by atoms with Gasteiger partial charge in [-0.15, -0.1) is 5.10 Å². The summed E-state index contributed by atoms with van der Waals surface area (Å²) in [7, 11) is 0. The molecule has 2 N–H and O–H groups in total. The summed E-state index contributed by atoms with van der Waals surface area (Å²) in [5.74, 6) is 0. The van der Waals surface area contributed by atoms with E-state index < -0.39 is 0 Å². The van der Waals surface area contributed by atoms with Crippen molar-refractivity contribution >= 4 is 11.3 Å². The number of rotatable bonds is 6. The number of unbranched alkanes of at least 4 members (excludes halogenated alkanes) is 1. The van der Waals surface area contributed by atoms with E-state index in [1.54, 1.807) is 17.2 Å². The van der Waals surface area contributed by atoms with Crippen LogP contribution in [0.2, 0.25) is 0 Å². The highest BCUT2D eigenvalue weighted by Gasteiger charge is 2.05. The third-order valence-electron chi connectivity index (χ3n) is 3.50. The lowest BCUT2D eigenvalue weighted by atomic mass is 9.97. The van der Waals surface area contributed by atoms with Crippen molar-refractivity contribution in [3.63, 3.8) is 0 Å². The van der Waals surface area contributed by atoms with Crippen LogP contribution in [0, 0.1) is 0 Å². The molecule has 116 valence electrons. The maximum absolute atomic E-state index is 5.93. The standard InChI is InChI=1S/C17H18N6/c18-16-7-3-5-14(11-16)17(15-6-4-9-19-12-15)8-1-2-10-23-13-20-21-22-23/h3-9,11-13H,1-2,10,18H2/b17-8+. The highest BCUT2D eigenvalue weighted by atomic mass is 15.5. The lowest BCUT2D eigenvalue weighted by Crippen LogP contribution is -1.98. The molecule has 0 aliphatic heterocycles. The van der Waals surface area contributed by atoms with E-state index >= 15 is 0 Å². The smallest absolute Gasteiger partial charge is 0.138 e. The fraction of sp³-hybridized carbons (Fsp3) is 0.176. The van der Waals surface area contributed by atoms with Crippen LogP contribution < -0.4 is 5.73 Å². The molecule has 3 aromatic rings. The number of hydrogen-bond acceptors (Lipinski definition) is 5. The summed E-state index contributed by atoms with van der Waals surface area (Å²) in [6.45, 7) is 0.792. The first-order valence-electron chi connectivity index (χ1n) is 7.50. The molecule has 3 rings (SSSR count). The van der Waals surface area contributed by atoms with Gasteiger partial charge in [0.25, 0.3) is 0 Å². The van der Waals surface area contributed by atoms with Crippen LogP contribution in [-0.4, -0.2) is 25.2 Å². The largest absolute Gasteiger partial charge is 0.399 e. The number of allylic oxidation sites excluding steroid dienone is 1. The molecule has 0 unspecified atom stereocenters. The number of nitrogens with zero attached hydrogens (tertiary/aromatic N) is 5. The molecule has 0 fully saturated rings. The Bertz CT molecular complexity index is 765. The molecule has 0 amide bonds. The summed E-state index contributed by atoms with van der Waals surface area (Å²) in [4.78, 5) is 4.22. The van der Waals surface area contributed by atoms with Crippen LogP contribution in [0.1, 0.15) is 24.0 Å². The number of pyridine rings is 1. The zero-order valence-corrected chi connectivity index (χ0v) is 12.7. The molecule has 6 nitrogen and oxygen atoms in total. The second-order valence-electron chi connectivity index (χ2n) is 5.20. The summed E-state index contributed by atoms with van der Waals surface area (Å²) < 4.78 is 1.73. The molecule has 0 aliphatic rings. The van der Waals surface area contributed by atoms with Crippen molar-refractivity contribution < 1.29 is 0 Å². The number of nitrogens with two attached hydrogens (primary N) is 1. The maximum Gasteiger partial charge on any atom is 0.138 e. The van der Waals surface area contributed by atoms with Crippen LogP contribution in [0.4, 0.5) is 5.69 Å². The van der Waals surface area contributed by atoms with Crippen LogP contribution in [0.5, 0.6) is 0 Å². The number of hydrogen-bond donors (Lipinski definition) is 1. The average Bonchev–Trinajstić information content (AvgIpc) is 3.09. The molecular formula is C17H18N6. The van der Waals surface area contributed by atoms with Gasteiger partial charge in [0, 0.05) is 30.2 Å². The molecule has 0 atom stereocenters. The first-order valence-corrected chi connectivity index (χ1v) is 7.50. The Morgan fingerprint density at radius 2 is 2.09 bits per heavy atom. The monoisotopic (exact) mass is 306 g/mol. The third kappa shape index (κ3) is 4.00. The number of benzene rings is 1. The van der Waals surface area contributed by atoms with Gasteiger partial charge in [0.1, 0.15) is 6.33 Å². The molecule has 6 heteroatoms. The molecule has 0 saturated heterocycles. The minimum Gasteiger partial charge on any atom is -0.399 e. The van der Waals surface area contributed by atoms with Crippen LogP contribution >= 0.6 is 0 Å². The van der Waals surface area contributed by atoms with Crippen molar-refractivity contribution in [3.8, 4) is 0 Å². The van der Waals surface area contributed by atoms with Gasteiger partial charge < -0.3 is 5.73 Å². The number of tetrazole rings is 1. The SMILES string of the molecule is Nc1cccc(/C(=C\CCCn2cnnn2)c2cccnc2)c1. The highest BCUT2D eigenvalue weighted by molar-refractivity contribution is 5.80. The van der Waals surface area contributed by atoms with Crippen molar-refractivity contribution in [1.82, 2.24) is 25.2 Å². The zero-order chi connectivity index (χ0) is 15.9. The van der Waals surface area contributed by atoms with E-state index in [4.69, 9.17) is 5.73 Å². The number of nitrogen functional groups attached to an aromatic ring is 1. The van der Waals surface area contributed by atoms with E-state index in [0.717, 1.165) is 41.8 Å². The lowest BCUT2D eigenvalue weighted by Gasteiger charge is -2.09.